The minimum absolute atomic E-state index is 0.0403. The van der Waals surface area contributed by atoms with Gasteiger partial charge in [0.1, 0.15) is 11.4 Å². The molecule has 0 saturated carbocycles. The third-order valence-electron chi connectivity index (χ3n) is 4.30. The summed E-state index contributed by atoms with van der Waals surface area (Å²) in [6.07, 6.45) is 1.53. The highest BCUT2D eigenvalue weighted by molar-refractivity contribution is 7.09. The molecule has 0 N–H and O–H groups in total. The first-order chi connectivity index (χ1) is 13.1. The number of aromatic nitrogens is 1. The first-order valence-corrected chi connectivity index (χ1v) is 9.93. The van der Waals surface area contributed by atoms with Gasteiger partial charge in [-0.1, -0.05) is 48.5 Å². The molecule has 0 spiro atoms. The van der Waals surface area contributed by atoms with Gasteiger partial charge in [-0.25, -0.2) is 4.98 Å². The molecule has 0 aliphatic heterocycles. The van der Waals surface area contributed by atoms with E-state index >= 15 is 0 Å². The van der Waals surface area contributed by atoms with Crippen LogP contribution in [0.2, 0.25) is 0 Å². The number of hydrogen-bond donors (Lipinski definition) is 0. The van der Waals surface area contributed by atoms with Crippen LogP contribution in [-0.2, 0) is 6.42 Å². The minimum Gasteiger partial charge on any atom is -0.493 e. The summed E-state index contributed by atoms with van der Waals surface area (Å²) >= 11 is 1.53. The van der Waals surface area contributed by atoms with Gasteiger partial charge in [0.25, 0.3) is 5.91 Å². The number of thiazole rings is 1. The van der Waals surface area contributed by atoms with E-state index in [1.807, 2.05) is 61.8 Å². The van der Waals surface area contributed by atoms with Gasteiger partial charge >= 0.3 is 0 Å². The van der Waals surface area contributed by atoms with E-state index in [4.69, 9.17) is 4.74 Å². The lowest BCUT2D eigenvalue weighted by atomic mass is 10.2. The summed E-state index contributed by atoms with van der Waals surface area (Å²) in [4.78, 5) is 18.8. The second kappa shape index (κ2) is 9.33. The number of para-hydroxylation sites is 1. The van der Waals surface area contributed by atoms with Gasteiger partial charge in [-0.2, -0.15) is 0 Å². The molecule has 3 rings (SSSR count). The SMILES string of the molecule is Cc1ccccc1OCCCN(C)C(=O)c1csc(Cc2ccccc2)n1. The van der Waals surface area contributed by atoms with Crippen molar-refractivity contribution in [1.82, 2.24) is 9.88 Å². The Bertz CT molecular complexity index is 877. The Morgan fingerprint density at radius 2 is 1.85 bits per heavy atom. The fourth-order valence-electron chi connectivity index (χ4n) is 2.76. The van der Waals surface area contributed by atoms with Crippen LogP contribution in [0.4, 0.5) is 0 Å². The maximum absolute atomic E-state index is 12.6. The van der Waals surface area contributed by atoms with Gasteiger partial charge in [0.05, 0.1) is 11.6 Å². The normalized spacial score (nSPS) is 10.6. The number of ether oxygens (including phenoxy) is 1. The Hall–Kier alpha value is -2.66. The van der Waals surface area contributed by atoms with Gasteiger partial charge in [-0.05, 0) is 30.5 Å². The molecule has 0 bridgehead atoms. The predicted molar refractivity (Wildman–Crippen MR) is 110 cm³/mol. The first-order valence-electron chi connectivity index (χ1n) is 9.05. The monoisotopic (exact) mass is 380 g/mol. The highest BCUT2D eigenvalue weighted by Crippen LogP contribution is 2.17. The summed E-state index contributed by atoms with van der Waals surface area (Å²) in [6, 6.07) is 18.1. The minimum atomic E-state index is -0.0403. The molecule has 5 heteroatoms. The smallest absolute Gasteiger partial charge is 0.273 e. The Kier molecular flexibility index (Phi) is 6.60. The first kappa shape index (κ1) is 19.1. The molecule has 0 unspecified atom stereocenters. The number of aryl methyl sites for hydroxylation is 1. The average molecular weight is 381 g/mol. The number of rotatable bonds is 8. The topological polar surface area (TPSA) is 42.4 Å². The predicted octanol–water partition coefficient (Wildman–Crippen LogP) is 4.58. The van der Waals surface area contributed by atoms with Crippen molar-refractivity contribution < 1.29 is 9.53 Å². The molecule has 0 radical (unpaired) electrons. The Morgan fingerprint density at radius 1 is 1.11 bits per heavy atom. The van der Waals surface area contributed by atoms with E-state index in [1.54, 1.807) is 4.90 Å². The van der Waals surface area contributed by atoms with Crippen molar-refractivity contribution in [3.63, 3.8) is 0 Å². The number of hydrogen-bond acceptors (Lipinski definition) is 4. The number of benzene rings is 2. The maximum atomic E-state index is 12.6. The Balaban J connectivity index is 1.47. The highest BCUT2D eigenvalue weighted by atomic mass is 32.1. The molecule has 1 heterocycles. The lowest BCUT2D eigenvalue weighted by molar-refractivity contribution is 0.0782. The summed E-state index contributed by atoms with van der Waals surface area (Å²) in [7, 11) is 1.81. The van der Waals surface area contributed by atoms with Crippen LogP contribution in [0.3, 0.4) is 0 Å². The standard InChI is InChI=1S/C22H24N2O2S/c1-17-9-6-7-12-20(17)26-14-8-13-24(2)22(25)19-16-27-21(23-19)15-18-10-4-3-5-11-18/h3-7,9-12,16H,8,13-15H2,1-2H3. The molecule has 1 aromatic heterocycles. The molecule has 4 nitrogen and oxygen atoms in total. The summed E-state index contributed by atoms with van der Waals surface area (Å²) in [5.74, 6) is 0.859. The maximum Gasteiger partial charge on any atom is 0.273 e. The molecule has 0 aliphatic carbocycles. The number of amides is 1. The van der Waals surface area contributed by atoms with Crippen LogP contribution in [0.1, 0.15) is 33.0 Å². The second-order valence-corrected chi connectivity index (χ2v) is 7.43. The van der Waals surface area contributed by atoms with Crippen LogP contribution in [0, 0.1) is 6.92 Å². The van der Waals surface area contributed by atoms with Gasteiger partial charge in [0.2, 0.25) is 0 Å². The summed E-state index contributed by atoms with van der Waals surface area (Å²) in [5, 5.41) is 2.81. The lowest BCUT2D eigenvalue weighted by Gasteiger charge is -2.16. The van der Waals surface area contributed by atoms with E-state index in [0.29, 0.717) is 18.8 Å². The number of carbonyl (C=O) groups is 1. The van der Waals surface area contributed by atoms with Crippen LogP contribution < -0.4 is 4.74 Å². The van der Waals surface area contributed by atoms with Crippen molar-refractivity contribution >= 4 is 17.2 Å². The van der Waals surface area contributed by atoms with Crippen LogP contribution in [0.15, 0.2) is 60.0 Å². The molecule has 0 aliphatic rings. The summed E-state index contributed by atoms with van der Waals surface area (Å²) in [5.41, 5.74) is 2.84. The zero-order valence-electron chi connectivity index (χ0n) is 15.7. The summed E-state index contributed by atoms with van der Waals surface area (Å²) in [6.45, 7) is 3.25. The molecule has 0 saturated heterocycles. The largest absolute Gasteiger partial charge is 0.493 e. The quantitative estimate of drug-likeness (QED) is 0.537. The van der Waals surface area contributed by atoms with Crippen molar-refractivity contribution in [2.45, 2.75) is 19.8 Å². The van der Waals surface area contributed by atoms with Crippen molar-refractivity contribution in [2.24, 2.45) is 0 Å². The van der Waals surface area contributed by atoms with Crippen molar-refractivity contribution in [2.75, 3.05) is 20.2 Å². The van der Waals surface area contributed by atoms with Crippen molar-refractivity contribution in [3.05, 3.63) is 81.8 Å². The molecule has 0 fully saturated rings. The number of nitrogens with zero attached hydrogens (tertiary/aromatic N) is 2. The molecular weight excluding hydrogens is 356 g/mol. The zero-order chi connectivity index (χ0) is 19.1. The van der Waals surface area contributed by atoms with Gasteiger partial charge in [0.15, 0.2) is 0 Å². The van der Waals surface area contributed by atoms with Gasteiger partial charge in [-0.3, -0.25) is 4.79 Å². The molecule has 2 aromatic carbocycles. The lowest BCUT2D eigenvalue weighted by Crippen LogP contribution is -2.29. The van der Waals surface area contributed by atoms with Gasteiger partial charge in [-0.15, -0.1) is 11.3 Å². The molecule has 27 heavy (non-hydrogen) atoms. The van der Waals surface area contributed by atoms with E-state index in [9.17, 15) is 4.79 Å². The third kappa shape index (κ3) is 5.41. The van der Waals surface area contributed by atoms with Crippen LogP contribution in [0.25, 0.3) is 0 Å². The van der Waals surface area contributed by atoms with E-state index in [2.05, 4.69) is 17.1 Å². The van der Waals surface area contributed by atoms with Crippen molar-refractivity contribution in [3.8, 4) is 5.75 Å². The van der Waals surface area contributed by atoms with Crippen molar-refractivity contribution in [1.29, 1.82) is 0 Å². The second-order valence-electron chi connectivity index (χ2n) is 6.48. The van der Waals surface area contributed by atoms with Gasteiger partial charge < -0.3 is 9.64 Å². The average Bonchev–Trinajstić information content (AvgIpc) is 3.15. The molecular formula is C22H24N2O2S. The Morgan fingerprint density at radius 3 is 2.63 bits per heavy atom. The van der Waals surface area contributed by atoms with Gasteiger partial charge in [0, 0.05) is 25.4 Å². The molecule has 0 atom stereocenters. The molecule has 140 valence electrons. The van der Waals surface area contributed by atoms with E-state index < -0.39 is 0 Å². The number of carbonyl (C=O) groups excluding carboxylic acids is 1. The zero-order valence-corrected chi connectivity index (χ0v) is 16.5. The van der Waals surface area contributed by atoms with Crippen LogP contribution in [-0.4, -0.2) is 36.0 Å². The van der Waals surface area contributed by atoms with E-state index in [-0.39, 0.29) is 5.91 Å². The third-order valence-corrected chi connectivity index (χ3v) is 5.15. The fraction of sp³-hybridized carbons (Fsp3) is 0.273. The molecule has 1 amide bonds. The summed E-state index contributed by atoms with van der Waals surface area (Å²) < 4.78 is 5.79. The van der Waals surface area contributed by atoms with E-state index in [0.717, 1.165) is 29.2 Å². The fourth-order valence-corrected chi connectivity index (χ4v) is 3.56. The highest BCUT2D eigenvalue weighted by Gasteiger charge is 2.15. The van der Waals surface area contributed by atoms with Crippen LogP contribution >= 0.6 is 11.3 Å². The molecule has 3 aromatic rings. The van der Waals surface area contributed by atoms with E-state index in [1.165, 1.54) is 16.9 Å². The van der Waals surface area contributed by atoms with Crippen LogP contribution in [0.5, 0.6) is 5.75 Å². The Labute approximate surface area is 164 Å².